The van der Waals surface area contributed by atoms with Crippen molar-refractivity contribution in [3.05, 3.63) is 23.7 Å². The molecule has 1 unspecified atom stereocenters. The fourth-order valence-electron chi connectivity index (χ4n) is 2.21. The van der Waals surface area contributed by atoms with Crippen molar-refractivity contribution in [1.82, 2.24) is 14.5 Å². The third-order valence-corrected chi connectivity index (χ3v) is 3.42. The zero-order valence-corrected chi connectivity index (χ0v) is 10.2. The molecule has 0 spiro atoms. The van der Waals surface area contributed by atoms with Gasteiger partial charge in [0.15, 0.2) is 5.15 Å². The minimum Gasteiger partial charge on any atom is -0.394 e. The molecule has 1 fully saturated rings. The molecule has 0 aliphatic carbocycles. The second-order valence-electron chi connectivity index (χ2n) is 4.24. The number of rotatable bonds is 2. The van der Waals surface area contributed by atoms with E-state index in [2.05, 4.69) is 9.97 Å². The topological polar surface area (TPSA) is 80.4 Å². The first-order valence-electron chi connectivity index (χ1n) is 5.62. The number of imidazole rings is 1. The summed E-state index contributed by atoms with van der Waals surface area (Å²) < 4.78 is 7.37. The molecule has 0 radical (unpaired) electrons. The average molecular weight is 270 g/mol. The van der Waals surface area contributed by atoms with Gasteiger partial charge in [0.25, 0.3) is 0 Å². The van der Waals surface area contributed by atoms with Gasteiger partial charge in [0.1, 0.15) is 17.8 Å². The second kappa shape index (κ2) is 4.47. The summed E-state index contributed by atoms with van der Waals surface area (Å²) in [5, 5.41) is 19.1. The van der Waals surface area contributed by atoms with Gasteiger partial charge >= 0.3 is 0 Å². The zero-order chi connectivity index (χ0) is 12.7. The van der Waals surface area contributed by atoms with E-state index in [9.17, 15) is 5.11 Å². The highest BCUT2D eigenvalue weighted by molar-refractivity contribution is 6.33. The minimum absolute atomic E-state index is 0.202. The van der Waals surface area contributed by atoms with Crippen molar-refractivity contribution in [2.45, 2.75) is 24.9 Å². The van der Waals surface area contributed by atoms with Crippen LogP contribution >= 0.6 is 11.6 Å². The fourth-order valence-corrected chi connectivity index (χ4v) is 2.41. The normalized spacial score (nSPS) is 28.1. The van der Waals surface area contributed by atoms with Gasteiger partial charge in [-0.05, 0) is 6.07 Å². The lowest BCUT2D eigenvalue weighted by molar-refractivity contribution is -0.0430. The summed E-state index contributed by atoms with van der Waals surface area (Å²) in [7, 11) is 0. The molecule has 3 atom stereocenters. The van der Waals surface area contributed by atoms with E-state index in [0.29, 0.717) is 17.1 Å². The predicted octanol–water partition coefficient (Wildman–Crippen LogP) is 0.725. The third kappa shape index (κ3) is 1.78. The second-order valence-corrected chi connectivity index (χ2v) is 4.59. The van der Waals surface area contributed by atoms with Gasteiger partial charge in [0.2, 0.25) is 0 Å². The number of aromatic nitrogens is 3. The van der Waals surface area contributed by atoms with E-state index >= 15 is 0 Å². The van der Waals surface area contributed by atoms with Crippen LogP contribution < -0.4 is 0 Å². The largest absolute Gasteiger partial charge is 0.394 e. The maximum atomic E-state index is 9.73. The molecule has 6 nitrogen and oxygen atoms in total. The molecular formula is C11H12ClN3O3. The van der Waals surface area contributed by atoms with Crippen LogP contribution in [0.3, 0.4) is 0 Å². The van der Waals surface area contributed by atoms with Crippen molar-refractivity contribution in [1.29, 1.82) is 0 Å². The van der Waals surface area contributed by atoms with Crippen molar-refractivity contribution in [3.8, 4) is 0 Å². The van der Waals surface area contributed by atoms with Crippen LogP contribution in [0.4, 0.5) is 0 Å². The van der Waals surface area contributed by atoms with Crippen molar-refractivity contribution < 1.29 is 14.9 Å². The number of halogens is 1. The van der Waals surface area contributed by atoms with Crippen molar-refractivity contribution in [2.75, 3.05) is 6.61 Å². The lowest BCUT2D eigenvalue weighted by Crippen LogP contribution is -2.24. The Morgan fingerprint density at radius 2 is 2.33 bits per heavy atom. The van der Waals surface area contributed by atoms with E-state index in [0.717, 1.165) is 5.52 Å². The SMILES string of the molecule is OCC1O[C@@H](n2cnc3c(Cl)nccc32)C[C@@H]1O. The van der Waals surface area contributed by atoms with E-state index < -0.39 is 12.2 Å². The van der Waals surface area contributed by atoms with Crippen LogP contribution in [0, 0.1) is 0 Å². The number of hydrogen-bond acceptors (Lipinski definition) is 5. The molecular weight excluding hydrogens is 258 g/mol. The zero-order valence-electron chi connectivity index (χ0n) is 9.40. The predicted molar refractivity (Wildman–Crippen MR) is 64.2 cm³/mol. The van der Waals surface area contributed by atoms with Crippen molar-refractivity contribution in [2.24, 2.45) is 0 Å². The van der Waals surface area contributed by atoms with E-state index in [4.69, 9.17) is 21.4 Å². The molecule has 3 heterocycles. The van der Waals surface area contributed by atoms with Gasteiger partial charge in [0, 0.05) is 12.6 Å². The maximum absolute atomic E-state index is 9.73. The highest BCUT2D eigenvalue weighted by Crippen LogP contribution is 2.31. The molecule has 0 amide bonds. The first-order chi connectivity index (χ1) is 8.70. The molecule has 0 saturated carbocycles. The van der Waals surface area contributed by atoms with Crippen LogP contribution in [-0.4, -0.2) is 43.6 Å². The van der Waals surface area contributed by atoms with Gasteiger partial charge in [-0.25, -0.2) is 9.97 Å². The van der Waals surface area contributed by atoms with Crippen molar-refractivity contribution in [3.63, 3.8) is 0 Å². The molecule has 1 aliphatic rings. The maximum Gasteiger partial charge on any atom is 0.156 e. The molecule has 7 heteroatoms. The summed E-state index contributed by atoms with van der Waals surface area (Å²) in [6.07, 6.45) is 2.05. The first kappa shape index (κ1) is 11.9. The lowest BCUT2D eigenvalue weighted by Gasteiger charge is -2.13. The summed E-state index contributed by atoms with van der Waals surface area (Å²) in [4.78, 5) is 8.14. The Morgan fingerprint density at radius 3 is 3.06 bits per heavy atom. The number of aliphatic hydroxyl groups excluding tert-OH is 2. The Bertz CT molecular complexity index is 574. The average Bonchev–Trinajstić information content (AvgIpc) is 2.93. The Hall–Kier alpha value is -1.21. The number of fused-ring (bicyclic) bond motifs is 1. The van der Waals surface area contributed by atoms with Gasteiger partial charge in [-0.15, -0.1) is 0 Å². The highest BCUT2D eigenvalue weighted by Gasteiger charge is 2.35. The van der Waals surface area contributed by atoms with Crippen LogP contribution in [0.2, 0.25) is 5.15 Å². The fraction of sp³-hybridized carbons (Fsp3) is 0.455. The Morgan fingerprint density at radius 1 is 1.50 bits per heavy atom. The van der Waals surface area contributed by atoms with Crippen LogP contribution in [0.5, 0.6) is 0 Å². The molecule has 2 N–H and O–H groups in total. The molecule has 96 valence electrons. The number of nitrogens with zero attached hydrogens (tertiary/aromatic N) is 3. The number of pyridine rings is 1. The number of aliphatic hydroxyl groups is 2. The van der Waals surface area contributed by atoms with Crippen LogP contribution in [0.25, 0.3) is 11.0 Å². The molecule has 0 bridgehead atoms. The Kier molecular flexibility index (Phi) is 2.95. The van der Waals surface area contributed by atoms with Crippen LogP contribution in [0.15, 0.2) is 18.6 Å². The van der Waals surface area contributed by atoms with Gasteiger partial charge in [-0.2, -0.15) is 0 Å². The number of hydrogen-bond donors (Lipinski definition) is 2. The minimum atomic E-state index is -0.672. The van der Waals surface area contributed by atoms with E-state index in [1.54, 1.807) is 23.2 Å². The van der Waals surface area contributed by atoms with Gasteiger partial charge in [-0.1, -0.05) is 11.6 Å². The molecule has 2 aromatic heterocycles. The lowest BCUT2D eigenvalue weighted by atomic mass is 10.2. The standard InChI is InChI=1S/C11H12ClN3O3/c12-11-10-6(1-2-13-11)15(5-14-10)9-3-7(17)8(4-16)18-9/h1-2,5,7-9,16-17H,3-4H2/t7-,8?,9+/m0/s1. The smallest absolute Gasteiger partial charge is 0.156 e. The molecule has 1 saturated heterocycles. The Balaban J connectivity index is 1.99. The monoisotopic (exact) mass is 269 g/mol. The highest BCUT2D eigenvalue weighted by atomic mass is 35.5. The van der Waals surface area contributed by atoms with Crippen molar-refractivity contribution >= 4 is 22.6 Å². The molecule has 0 aromatic carbocycles. The Labute approximate surface area is 108 Å². The quantitative estimate of drug-likeness (QED) is 0.786. The first-order valence-corrected chi connectivity index (χ1v) is 6.00. The van der Waals surface area contributed by atoms with E-state index in [1.807, 2.05) is 0 Å². The summed E-state index contributed by atoms with van der Waals surface area (Å²) in [6.45, 7) is -0.202. The molecule has 2 aromatic rings. The van der Waals surface area contributed by atoms with Gasteiger partial charge in [0.05, 0.1) is 24.6 Å². The van der Waals surface area contributed by atoms with E-state index in [-0.39, 0.29) is 12.8 Å². The molecule has 1 aliphatic heterocycles. The number of ether oxygens (including phenoxy) is 1. The molecule has 18 heavy (non-hydrogen) atoms. The third-order valence-electron chi connectivity index (χ3n) is 3.14. The van der Waals surface area contributed by atoms with E-state index in [1.165, 1.54) is 0 Å². The summed E-state index contributed by atoms with van der Waals surface area (Å²) in [6, 6.07) is 1.79. The van der Waals surface area contributed by atoms with Crippen LogP contribution in [-0.2, 0) is 4.74 Å². The summed E-state index contributed by atoms with van der Waals surface area (Å²) >= 11 is 5.94. The van der Waals surface area contributed by atoms with Crippen LogP contribution in [0.1, 0.15) is 12.6 Å². The summed E-state index contributed by atoms with van der Waals surface area (Å²) in [5.41, 5.74) is 1.40. The summed E-state index contributed by atoms with van der Waals surface area (Å²) in [5.74, 6) is 0. The molecule has 3 rings (SSSR count). The van der Waals surface area contributed by atoms with Gasteiger partial charge in [-0.3, -0.25) is 0 Å². The van der Waals surface area contributed by atoms with Gasteiger partial charge < -0.3 is 19.5 Å².